The molecule has 2 aromatic rings. The SMILES string of the molecule is O=C1CC2CCCC(C1)N2c1ccc(Oc2ccccc2)cc1. The van der Waals surface area contributed by atoms with Crippen LogP contribution in [0.2, 0.25) is 0 Å². The van der Waals surface area contributed by atoms with E-state index in [1.165, 1.54) is 12.1 Å². The lowest BCUT2D eigenvalue weighted by Crippen LogP contribution is -2.52. The number of ketones is 1. The second kappa shape index (κ2) is 6.07. The fourth-order valence-electron chi connectivity index (χ4n) is 3.91. The van der Waals surface area contributed by atoms with E-state index in [0.717, 1.165) is 24.3 Å². The topological polar surface area (TPSA) is 29.5 Å². The summed E-state index contributed by atoms with van der Waals surface area (Å²) in [4.78, 5) is 14.3. The summed E-state index contributed by atoms with van der Waals surface area (Å²) in [6, 6.07) is 18.9. The average molecular weight is 307 g/mol. The van der Waals surface area contributed by atoms with Gasteiger partial charge in [-0.3, -0.25) is 4.79 Å². The highest BCUT2D eigenvalue weighted by atomic mass is 16.5. The van der Waals surface area contributed by atoms with Gasteiger partial charge in [0.25, 0.3) is 0 Å². The number of ether oxygens (including phenoxy) is 1. The van der Waals surface area contributed by atoms with E-state index in [0.29, 0.717) is 30.7 Å². The third-order valence-corrected chi connectivity index (χ3v) is 4.90. The Morgan fingerprint density at radius 1 is 0.826 bits per heavy atom. The zero-order valence-corrected chi connectivity index (χ0v) is 13.2. The van der Waals surface area contributed by atoms with Gasteiger partial charge < -0.3 is 9.64 Å². The second-order valence-corrected chi connectivity index (χ2v) is 6.50. The maximum absolute atomic E-state index is 11.9. The molecule has 4 rings (SSSR count). The van der Waals surface area contributed by atoms with E-state index in [9.17, 15) is 4.79 Å². The van der Waals surface area contributed by atoms with Crippen LogP contribution in [0.25, 0.3) is 0 Å². The average Bonchev–Trinajstić information content (AvgIpc) is 2.56. The Kier molecular flexibility index (Phi) is 3.78. The minimum atomic E-state index is 0.385. The van der Waals surface area contributed by atoms with Gasteiger partial charge in [-0.1, -0.05) is 18.2 Å². The number of anilines is 1. The molecule has 2 bridgehead atoms. The number of hydrogen-bond acceptors (Lipinski definition) is 3. The third kappa shape index (κ3) is 2.96. The van der Waals surface area contributed by atoms with Crippen molar-refractivity contribution in [1.29, 1.82) is 0 Å². The van der Waals surface area contributed by atoms with Gasteiger partial charge in [0, 0.05) is 30.6 Å². The number of hydrogen-bond donors (Lipinski definition) is 0. The zero-order chi connectivity index (χ0) is 15.6. The molecule has 118 valence electrons. The number of Topliss-reactive ketones (excluding diaryl/α,β-unsaturated/α-hetero) is 1. The number of para-hydroxylation sites is 1. The first-order valence-corrected chi connectivity index (χ1v) is 8.42. The molecule has 0 saturated carbocycles. The fraction of sp³-hybridized carbons (Fsp3) is 0.350. The summed E-state index contributed by atoms with van der Waals surface area (Å²) in [5.74, 6) is 2.12. The molecule has 2 unspecified atom stereocenters. The highest BCUT2D eigenvalue weighted by Gasteiger charge is 2.37. The first-order chi connectivity index (χ1) is 11.3. The molecule has 0 amide bonds. The Morgan fingerprint density at radius 2 is 1.43 bits per heavy atom. The smallest absolute Gasteiger partial charge is 0.137 e. The van der Waals surface area contributed by atoms with Crippen molar-refractivity contribution < 1.29 is 9.53 Å². The lowest BCUT2D eigenvalue weighted by Gasteiger charge is -2.47. The number of piperidine rings is 2. The van der Waals surface area contributed by atoms with Crippen LogP contribution in [0, 0.1) is 0 Å². The van der Waals surface area contributed by atoms with Gasteiger partial charge in [-0.2, -0.15) is 0 Å². The van der Waals surface area contributed by atoms with E-state index in [-0.39, 0.29) is 0 Å². The minimum Gasteiger partial charge on any atom is -0.457 e. The van der Waals surface area contributed by atoms with Gasteiger partial charge in [-0.05, 0) is 55.7 Å². The maximum atomic E-state index is 11.9. The van der Waals surface area contributed by atoms with E-state index in [1.54, 1.807) is 0 Å². The Labute approximate surface area is 136 Å². The van der Waals surface area contributed by atoms with Gasteiger partial charge in [0.1, 0.15) is 17.3 Å². The molecular formula is C20H21NO2. The molecule has 3 heteroatoms. The Bertz CT molecular complexity index is 665. The molecule has 0 N–H and O–H groups in total. The van der Waals surface area contributed by atoms with Crippen LogP contribution in [-0.4, -0.2) is 17.9 Å². The molecule has 2 aliphatic heterocycles. The van der Waals surface area contributed by atoms with E-state index < -0.39 is 0 Å². The number of carbonyl (C=O) groups is 1. The van der Waals surface area contributed by atoms with Crippen LogP contribution in [0.15, 0.2) is 54.6 Å². The molecule has 0 aromatic heterocycles. The minimum absolute atomic E-state index is 0.385. The largest absolute Gasteiger partial charge is 0.457 e. The van der Waals surface area contributed by atoms with E-state index in [4.69, 9.17) is 4.74 Å². The number of benzene rings is 2. The predicted octanol–water partition coefficient (Wildman–Crippen LogP) is 4.57. The third-order valence-electron chi connectivity index (χ3n) is 4.90. The first kappa shape index (κ1) is 14.3. The van der Waals surface area contributed by atoms with Crippen LogP contribution < -0.4 is 9.64 Å². The van der Waals surface area contributed by atoms with Gasteiger partial charge in [0.05, 0.1) is 0 Å². The summed E-state index contributed by atoms with van der Waals surface area (Å²) >= 11 is 0. The highest BCUT2D eigenvalue weighted by molar-refractivity contribution is 5.82. The summed E-state index contributed by atoms with van der Waals surface area (Å²) in [6.45, 7) is 0. The van der Waals surface area contributed by atoms with Crippen LogP contribution in [0.3, 0.4) is 0 Å². The molecule has 2 aromatic carbocycles. The number of rotatable bonds is 3. The normalized spacial score (nSPS) is 23.7. The summed E-state index contributed by atoms with van der Waals surface area (Å²) in [7, 11) is 0. The van der Waals surface area contributed by atoms with Crippen molar-refractivity contribution in [2.24, 2.45) is 0 Å². The Balaban J connectivity index is 1.53. The molecule has 0 radical (unpaired) electrons. The maximum Gasteiger partial charge on any atom is 0.137 e. The number of carbonyl (C=O) groups excluding carboxylic acids is 1. The lowest BCUT2D eigenvalue weighted by molar-refractivity contribution is -0.121. The van der Waals surface area contributed by atoms with Crippen molar-refractivity contribution >= 4 is 11.5 Å². The van der Waals surface area contributed by atoms with Gasteiger partial charge in [0.15, 0.2) is 0 Å². The zero-order valence-electron chi connectivity index (χ0n) is 13.2. The van der Waals surface area contributed by atoms with Crippen molar-refractivity contribution in [3.63, 3.8) is 0 Å². The van der Waals surface area contributed by atoms with E-state index in [2.05, 4.69) is 17.0 Å². The molecule has 23 heavy (non-hydrogen) atoms. The van der Waals surface area contributed by atoms with Crippen molar-refractivity contribution in [3.05, 3.63) is 54.6 Å². The van der Waals surface area contributed by atoms with Crippen LogP contribution in [0.4, 0.5) is 5.69 Å². The quantitative estimate of drug-likeness (QED) is 0.832. The first-order valence-electron chi connectivity index (χ1n) is 8.42. The van der Waals surface area contributed by atoms with Crippen LogP contribution in [0.5, 0.6) is 11.5 Å². The Morgan fingerprint density at radius 3 is 2.09 bits per heavy atom. The van der Waals surface area contributed by atoms with Crippen LogP contribution in [0.1, 0.15) is 32.1 Å². The van der Waals surface area contributed by atoms with Crippen molar-refractivity contribution in [1.82, 2.24) is 0 Å². The van der Waals surface area contributed by atoms with Crippen LogP contribution >= 0.6 is 0 Å². The summed E-state index contributed by atoms with van der Waals surface area (Å²) in [6.07, 6.45) is 4.92. The van der Waals surface area contributed by atoms with Crippen molar-refractivity contribution in [2.75, 3.05) is 4.90 Å². The van der Waals surface area contributed by atoms with Gasteiger partial charge in [-0.15, -0.1) is 0 Å². The second-order valence-electron chi connectivity index (χ2n) is 6.50. The lowest BCUT2D eigenvalue weighted by atomic mass is 9.83. The molecule has 2 heterocycles. The molecule has 2 atom stereocenters. The van der Waals surface area contributed by atoms with Gasteiger partial charge in [0.2, 0.25) is 0 Å². The summed E-state index contributed by atoms with van der Waals surface area (Å²) in [5, 5.41) is 0. The van der Waals surface area contributed by atoms with Crippen LogP contribution in [-0.2, 0) is 4.79 Å². The molecule has 2 saturated heterocycles. The van der Waals surface area contributed by atoms with Gasteiger partial charge in [-0.25, -0.2) is 0 Å². The molecular weight excluding hydrogens is 286 g/mol. The highest BCUT2D eigenvalue weighted by Crippen LogP contribution is 2.37. The fourth-order valence-corrected chi connectivity index (χ4v) is 3.91. The van der Waals surface area contributed by atoms with Crippen molar-refractivity contribution in [2.45, 2.75) is 44.2 Å². The van der Waals surface area contributed by atoms with E-state index >= 15 is 0 Å². The number of nitrogens with zero attached hydrogens (tertiary/aromatic N) is 1. The number of fused-ring (bicyclic) bond motifs is 2. The molecule has 2 fully saturated rings. The van der Waals surface area contributed by atoms with E-state index in [1.807, 2.05) is 42.5 Å². The Hall–Kier alpha value is -2.29. The predicted molar refractivity (Wildman–Crippen MR) is 91.1 cm³/mol. The molecule has 2 aliphatic rings. The van der Waals surface area contributed by atoms with Gasteiger partial charge >= 0.3 is 0 Å². The van der Waals surface area contributed by atoms with Crippen molar-refractivity contribution in [3.8, 4) is 11.5 Å². The molecule has 0 aliphatic carbocycles. The summed E-state index contributed by atoms with van der Waals surface area (Å²) in [5.41, 5.74) is 1.22. The summed E-state index contributed by atoms with van der Waals surface area (Å²) < 4.78 is 5.86. The standard InChI is InChI=1S/C20H21NO2/c22-18-13-16-5-4-6-17(14-18)21(16)15-9-11-20(12-10-15)23-19-7-2-1-3-8-19/h1-3,7-12,16-17H,4-6,13-14H2. The monoisotopic (exact) mass is 307 g/mol. The molecule has 0 spiro atoms. The molecule has 3 nitrogen and oxygen atoms in total.